The number of carbonyl (C=O) groups excluding carboxylic acids is 2. The smallest absolute Gasteiger partial charge is 0.306 e. The highest BCUT2D eigenvalue weighted by Gasteiger charge is 2.16. The van der Waals surface area contributed by atoms with Crippen LogP contribution in [0.2, 0.25) is 0 Å². The summed E-state index contributed by atoms with van der Waals surface area (Å²) in [7, 11) is 0. The van der Waals surface area contributed by atoms with E-state index in [1.165, 1.54) is 89.9 Å². The summed E-state index contributed by atoms with van der Waals surface area (Å²) < 4.78 is 10.6. The van der Waals surface area contributed by atoms with Gasteiger partial charge in [-0.2, -0.15) is 0 Å². The molecule has 0 heterocycles. The second-order valence-electron chi connectivity index (χ2n) is 15.8. The largest absolute Gasteiger partial charge is 0.462 e. The predicted molar refractivity (Wildman–Crippen MR) is 256 cm³/mol. The van der Waals surface area contributed by atoms with Crippen LogP contribution in [0.4, 0.5) is 0 Å². The summed E-state index contributed by atoms with van der Waals surface area (Å²) in [5.74, 6) is -0.612. The first-order valence-electron chi connectivity index (χ1n) is 24.3. The highest BCUT2D eigenvalue weighted by molar-refractivity contribution is 5.70. The third kappa shape index (κ3) is 47.4. The van der Waals surface area contributed by atoms with Crippen LogP contribution in [0.1, 0.15) is 213 Å². The zero-order valence-corrected chi connectivity index (χ0v) is 38.2. The van der Waals surface area contributed by atoms with Crippen LogP contribution in [0.25, 0.3) is 0 Å². The Labute approximate surface area is 364 Å². The molecule has 1 unspecified atom stereocenters. The monoisotopic (exact) mass is 819 g/mol. The first-order chi connectivity index (χ1) is 29.1. The van der Waals surface area contributed by atoms with Crippen molar-refractivity contribution in [3.63, 3.8) is 0 Å². The molecule has 0 fully saturated rings. The first-order valence-corrected chi connectivity index (χ1v) is 24.3. The van der Waals surface area contributed by atoms with Gasteiger partial charge in [0.2, 0.25) is 0 Å². The molecule has 0 saturated heterocycles. The lowest BCUT2D eigenvalue weighted by Crippen LogP contribution is -2.28. The normalized spacial score (nSPS) is 13.1. The Morgan fingerprint density at radius 1 is 0.407 bits per heavy atom. The van der Waals surface area contributed by atoms with Gasteiger partial charge in [-0.1, -0.05) is 201 Å². The zero-order chi connectivity index (χ0) is 42.8. The molecule has 0 aliphatic heterocycles. The number of carbonyl (C=O) groups is 2. The van der Waals surface area contributed by atoms with Gasteiger partial charge < -0.3 is 14.6 Å². The minimum atomic E-state index is -0.783. The molecule has 0 saturated carbocycles. The molecule has 336 valence electrons. The quantitative estimate of drug-likeness (QED) is 0.0377. The van der Waals surface area contributed by atoms with E-state index in [0.717, 1.165) is 96.3 Å². The number of hydrogen-bond acceptors (Lipinski definition) is 5. The molecule has 0 spiro atoms. The van der Waals surface area contributed by atoms with Crippen molar-refractivity contribution < 1.29 is 24.2 Å². The average molecular weight is 819 g/mol. The molecular weight excluding hydrogens is 729 g/mol. The van der Waals surface area contributed by atoms with Crippen molar-refractivity contribution >= 4 is 11.9 Å². The number of allylic oxidation sites excluding steroid dienone is 16. The van der Waals surface area contributed by atoms with E-state index in [2.05, 4.69) is 111 Å². The fourth-order valence-corrected chi connectivity index (χ4v) is 6.47. The molecule has 0 radical (unpaired) electrons. The van der Waals surface area contributed by atoms with Crippen molar-refractivity contribution in [1.29, 1.82) is 0 Å². The van der Waals surface area contributed by atoms with E-state index in [4.69, 9.17) is 9.47 Å². The average Bonchev–Trinajstić information content (AvgIpc) is 3.24. The third-order valence-corrected chi connectivity index (χ3v) is 10.1. The Morgan fingerprint density at radius 2 is 0.729 bits per heavy atom. The maximum absolute atomic E-state index is 12.2. The molecule has 0 aliphatic carbocycles. The van der Waals surface area contributed by atoms with Crippen LogP contribution in [0.3, 0.4) is 0 Å². The number of aliphatic hydroxyl groups excluding tert-OH is 1. The SMILES string of the molecule is CC/C=C\C/C=C\C/C=C\C/C=C\C/C=C\C/C=C\C/C=C\CCCCCCCCCCCC(=O)OC(CO)COC(=O)CCCCCCC/C=C\CCCCCCC. The van der Waals surface area contributed by atoms with Crippen molar-refractivity contribution in [3.05, 3.63) is 97.2 Å². The number of rotatable bonds is 43. The summed E-state index contributed by atoms with van der Waals surface area (Å²) >= 11 is 0. The van der Waals surface area contributed by atoms with Gasteiger partial charge in [-0.3, -0.25) is 9.59 Å². The van der Waals surface area contributed by atoms with E-state index in [0.29, 0.717) is 12.8 Å². The third-order valence-electron chi connectivity index (χ3n) is 10.1. The highest BCUT2D eigenvalue weighted by atomic mass is 16.6. The highest BCUT2D eigenvalue weighted by Crippen LogP contribution is 2.13. The van der Waals surface area contributed by atoms with Crippen molar-refractivity contribution in [2.24, 2.45) is 0 Å². The summed E-state index contributed by atoms with van der Waals surface area (Å²) in [6.45, 7) is 4.00. The predicted octanol–water partition coefficient (Wildman–Crippen LogP) is 16.0. The van der Waals surface area contributed by atoms with Gasteiger partial charge in [0.05, 0.1) is 6.61 Å². The second-order valence-corrected chi connectivity index (χ2v) is 15.8. The van der Waals surface area contributed by atoms with Crippen LogP contribution >= 0.6 is 0 Å². The summed E-state index contributed by atoms with van der Waals surface area (Å²) in [6, 6.07) is 0. The molecule has 0 aromatic rings. The molecule has 0 amide bonds. The van der Waals surface area contributed by atoms with Crippen molar-refractivity contribution in [2.75, 3.05) is 13.2 Å². The first kappa shape index (κ1) is 55.8. The Kier molecular flexibility index (Phi) is 46.5. The summed E-state index contributed by atoms with van der Waals surface area (Å²) in [6.07, 6.45) is 69.2. The number of unbranched alkanes of at least 4 members (excludes halogenated alkanes) is 19. The van der Waals surface area contributed by atoms with Crippen molar-refractivity contribution in [3.8, 4) is 0 Å². The number of hydrogen-bond donors (Lipinski definition) is 1. The van der Waals surface area contributed by atoms with Crippen LogP contribution < -0.4 is 0 Å². The minimum absolute atomic E-state index is 0.0768. The van der Waals surface area contributed by atoms with Gasteiger partial charge in [-0.05, 0) is 96.3 Å². The van der Waals surface area contributed by atoms with Crippen molar-refractivity contribution in [1.82, 2.24) is 0 Å². The van der Waals surface area contributed by atoms with Crippen LogP contribution in [0.15, 0.2) is 97.2 Å². The fourth-order valence-electron chi connectivity index (χ4n) is 6.47. The molecule has 0 bridgehead atoms. The Bertz CT molecular complexity index is 1150. The number of esters is 2. The fraction of sp³-hybridized carbons (Fsp3) is 0.667. The Hall–Kier alpha value is -3.18. The molecule has 0 aliphatic rings. The van der Waals surface area contributed by atoms with Gasteiger partial charge in [0, 0.05) is 12.8 Å². The molecular formula is C54H90O5. The van der Waals surface area contributed by atoms with Crippen LogP contribution in [0, 0.1) is 0 Å². The standard InChI is InChI=1S/C54H90O5/c1-3-5-7-9-11-13-15-17-19-20-21-22-23-24-25-26-27-28-29-30-31-32-33-34-35-37-39-41-43-45-47-49-54(57)59-52(50-55)51-58-53(56)48-46-44-42-40-38-36-18-16-14-12-10-8-6-4-2/h5,7,11,13,16-19,21-22,24-25,27-28,30-31,52,55H,3-4,6,8-10,12,14-15,20,23,26,29,32-51H2,1-2H3/b7-5-,13-11-,18-16-,19-17-,22-21-,25-24-,28-27-,31-30-. The molecule has 5 heteroatoms. The Balaban J connectivity index is 3.58. The van der Waals surface area contributed by atoms with Crippen molar-refractivity contribution in [2.45, 2.75) is 219 Å². The number of ether oxygens (including phenoxy) is 2. The van der Waals surface area contributed by atoms with Gasteiger partial charge in [0.25, 0.3) is 0 Å². The maximum Gasteiger partial charge on any atom is 0.306 e. The van der Waals surface area contributed by atoms with E-state index >= 15 is 0 Å². The molecule has 0 rings (SSSR count). The lowest BCUT2D eigenvalue weighted by molar-refractivity contribution is -0.161. The van der Waals surface area contributed by atoms with Gasteiger partial charge >= 0.3 is 11.9 Å². The molecule has 1 atom stereocenters. The van der Waals surface area contributed by atoms with Crippen LogP contribution in [-0.4, -0.2) is 36.4 Å². The minimum Gasteiger partial charge on any atom is -0.462 e. The van der Waals surface area contributed by atoms with E-state index in [1.807, 2.05) is 0 Å². The van der Waals surface area contributed by atoms with Gasteiger partial charge in [-0.15, -0.1) is 0 Å². The summed E-state index contributed by atoms with van der Waals surface area (Å²) in [5, 5.41) is 9.60. The van der Waals surface area contributed by atoms with Gasteiger partial charge in [-0.25, -0.2) is 0 Å². The lowest BCUT2D eigenvalue weighted by Gasteiger charge is -2.15. The topological polar surface area (TPSA) is 72.8 Å². The zero-order valence-electron chi connectivity index (χ0n) is 38.2. The summed E-state index contributed by atoms with van der Waals surface area (Å²) in [4.78, 5) is 24.4. The molecule has 0 aromatic heterocycles. The second kappa shape index (κ2) is 49.2. The van der Waals surface area contributed by atoms with Crippen LogP contribution in [0.5, 0.6) is 0 Å². The Morgan fingerprint density at radius 3 is 1.12 bits per heavy atom. The molecule has 0 aromatic carbocycles. The van der Waals surface area contributed by atoms with Crippen LogP contribution in [-0.2, 0) is 19.1 Å². The van der Waals surface area contributed by atoms with E-state index < -0.39 is 6.10 Å². The molecule has 1 N–H and O–H groups in total. The van der Waals surface area contributed by atoms with E-state index in [-0.39, 0.29) is 25.2 Å². The maximum atomic E-state index is 12.2. The lowest BCUT2D eigenvalue weighted by atomic mass is 10.1. The van der Waals surface area contributed by atoms with E-state index in [1.54, 1.807) is 0 Å². The molecule has 5 nitrogen and oxygen atoms in total. The summed E-state index contributed by atoms with van der Waals surface area (Å²) in [5.41, 5.74) is 0. The van der Waals surface area contributed by atoms with E-state index in [9.17, 15) is 14.7 Å². The molecule has 59 heavy (non-hydrogen) atoms. The van der Waals surface area contributed by atoms with Gasteiger partial charge in [0.15, 0.2) is 6.10 Å². The number of aliphatic hydroxyl groups is 1. The van der Waals surface area contributed by atoms with Gasteiger partial charge in [0.1, 0.15) is 6.61 Å².